The van der Waals surface area contributed by atoms with Crippen molar-refractivity contribution in [1.29, 1.82) is 0 Å². The molecule has 128 valence electrons. The molecule has 2 aliphatic heterocycles. The lowest BCUT2D eigenvalue weighted by Crippen LogP contribution is -2.48. The van der Waals surface area contributed by atoms with Gasteiger partial charge in [0.05, 0.1) is 10.9 Å². The summed E-state index contributed by atoms with van der Waals surface area (Å²) in [6.07, 6.45) is 2.26. The lowest BCUT2D eigenvalue weighted by molar-refractivity contribution is 0.520. The maximum Gasteiger partial charge on any atom is 0.245 e. The van der Waals surface area contributed by atoms with Crippen molar-refractivity contribution in [3.05, 3.63) is 29.8 Å². The molecule has 0 saturated carbocycles. The summed E-state index contributed by atoms with van der Waals surface area (Å²) in [6.45, 7) is 1.73. The highest BCUT2D eigenvalue weighted by atomic mass is 32.2. The van der Waals surface area contributed by atoms with Gasteiger partial charge in [-0.25, -0.2) is 13.1 Å². The van der Waals surface area contributed by atoms with Gasteiger partial charge in [0.2, 0.25) is 16.0 Å². The second-order valence-corrected chi connectivity index (χ2v) is 8.45. The van der Waals surface area contributed by atoms with Gasteiger partial charge in [-0.3, -0.25) is 4.31 Å². The first kappa shape index (κ1) is 15.4. The van der Waals surface area contributed by atoms with Crippen LogP contribution < -0.4 is 9.21 Å². The van der Waals surface area contributed by atoms with Gasteiger partial charge < -0.3 is 4.90 Å². The van der Waals surface area contributed by atoms with E-state index in [9.17, 15) is 8.42 Å². The number of aromatic nitrogens is 4. The maximum atomic E-state index is 13.2. The first-order chi connectivity index (χ1) is 11.6. The van der Waals surface area contributed by atoms with Crippen molar-refractivity contribution < 1.29 is 8.42 Å². The number of sulfonamides is 1. The van der Waals surface area contributed by atoms with Crippen LogP contribution in [0.2, 0.25) is 0 Å². The standard InChI is InChI=1S/C15H20N6O2S/c1-19-15(16-17-18-19)20-9-4-6-13(11-20)24(22,23)21-10-8-12-5-2-3-7-14(12)21/h2-3,5,7,13H,4,6,8-11H2,1H3. The van der Waals surface area contributed by atoms with Crippen molar-refractivity contribution in [1.82, 2.24) is 20.2 Å². The number of benzene rings is 1. The Bertz CT molecular complexity index is 849. The molecule has 8 nitrogen and oxygen atoms in total. The van der Waals surface area contributed by atoms with E-state index in [1.807, 2.05) is 29.2 Å². The summed E-state index contributed by atoms with van der Waals surface area (Å²) in [5.74, 6) is 0.622. The molecule has 0 radical (unpaired) electrons. The molecular formula is C15H20N6O2S. The molecule has 1 aromatic carbocycles. The molecule has 1 unspecified atom stereocenters. The monoisotopic (exact) mass is 348 g/mol. The number of para-hydroxylation sites is 1. The van der Waals surface area contributed by atoms with Gasteiger partial charge in [0.1, 0.15) is 0 Å². The number of anilines is 2. The first-order valence-electron chi connectivity index (χ1n) is 8.14. The van der Waals surface area contributed by atoms with Crippen molar-refractivity contribution >= 4 is 21.7 Å². The summed E-state index contributed by atoms with van der Waals surface area (Å²) in [5.41, 5.74) is 1.93. The molecule has 2 aliphatic rings. The Morgan fingerprint density at radius 2 is 2.04 bits per heavy atom. The lowest BCUT2D eigenvalue weighted by Gasteiger charge is -2.34. The van der Waals surface area contributed by atoms with Gasteiger partial charge in [0.25, 0.3) is 0 Å². The third kappa shape index (κ3) is 2.43. The predicted molar refractivity (Wildman–Crippen MR) is 90.4 cm³/mol. The molecule has 9 heteroatoms. The third-order valence-corrected chi connectivity index (χ3v) is 7.05. The molecule has 0 amide bonds. The van der Waals surface area contributed by atoms with Gasteiger partial charge >= 0.3 is 0 Å². The van der Waals surface area contributed by atoms with Crippen molar-refractivity contribution in [3.63, 3.8) is 0 Å². The second kappa shape index (κ2) is 5.73. The van der Waals surface area contributed by atoms with Crippen LogP contribution in [0.1, 0.15) is 18.4 Å². The van der Waals surface area contributed by atoms with Crippen LogP contribution in [0.15, 0.2) is 24.3 Å². The highest BCUT2D eigenvalue weighted by Crippen LogP contribution is 2.33. The molecule has 24 heavy (non-hydrogen) atoms. The van der Waals surface area contributed by atoms with E-state index >= 15 is 0 Å². The highest BCUT2D eigenvalue weighted by Gasteiger charge is 2.38. The molecule has 0 aliphatic carbocycles. The van der Waals surface area contributed by atoms with Crippen LogP contribution in [0.4, 0.5) is 11.6 Å². The minimum Gasteiger partial charge on any atom is -0.338 e. The number of fused-ring (bicyclic) bond motifs is 1. The van der Waals surface area contributed by atoms with E-state index in [-0.39, 0.29) is 0 Å². The molecule has 1 aromatic heterocycles. The van der Waals surface area contributed by atoms with Gasteiger partial charge in [-0.05, 0) is 41.3 Å². The number of piperidine rings is 1. The Kier molecular flexibility index (Phi) is 3.67. The van der Waals surface area contributed by atoms with Gasteiger partial charge in [0.15, 0.2) is 0 Å². The maximum absolute atomic E-state index is 13.2. The van der Waals surface area contributed by atoms with E-state index in [2.05, 4.69) is 15.5 Å². The first-order valence-corrected chi connectivity index (χ1v) is 9.64. The van der Waals surface area contributed by atoms with Crippen molar-refractivity contribution in [3.8, 4) is 0 Å². The minimum absolute atomic E-state index is 0.426. The van der Waals surface area contributed by atoms with Gasteiger partial charge in [-0.2, -0.15) is 0 Å². The van der Waals surface area contributed by atoms with Crippen LogP contribution >= 0.6 is 0 Å². The lowest BCUT2D eigenvalue weighted by atomic mass is 10.1. The summed E-state index contributed by atoms with van der Waals surface area (Å²) >= 11 is 0. The molecule has 2 aromatic rings. The van der Waals surface area contributed by atoms with Crippen LogP contribution in [0.5, 0.6) is 0 Å². The molecule has 1 saturated heterocycles. The zero-order chi connectivity index (χ0) is 16.7. The average molecular weight is 348 g/mol. The van der Waals surface area contributed by atoms with Crippen LogP contribution in [-0.2, 0) is 23.5 Å². The van der Waals surface area contributed by atoms with E-state index < -0.39 is 15.3 Å². The SMILES string of the molecule is Cn1nnnc1N1CCCC(S(=O)(=O)N2CCc3ccccc32)C1. The fraction of sp³-hybridized carbons (Fsp3) is 0.533. The fourth-order valence-electron chi connectivity index (χ4n) is 3.61. The van der Waals surface area contributed by atoms with Gasteiger partial charge in [0, 0.05) is 26.7 Å². The number of hydrogen-bond acceptors (Lipinski definition) is 6. The van der Waals surface area contributed by atoms with Crippen LogP contribution in [0, 0.1) is 0 Å². The van der Waals surface area contributed by atoms with E-state index in [4.69, 9.17) is 0 Å². The Hall–Kier alpha value is -2.16. The zero-order valence-electron chi connectivity index (χ0n) is 13.5. The molecular weight excluding hydrogens is 328 g/mol. The smallest absolute Gasteiger partial charge is 0.245 e. The fourth-order valence-corrected chi connectivity index (χ4v) is 5.60. The van der Waals surface area contributed by atoms with Crippen LogP contribution in [0.25, 0.3) is 0 Å². The Morgan fingerprint density at radius 1 is 1.21 bits per heavy atom. The summed E-state index contributed by atoms with van der Waals surface area (Å²) in [6, 6.07) is 7.75. The Balaban J connectivity index is 1.60. The number of nitrogens with zero attached hydrogens (tertiary/aromatic N) is 6. The van der Waals surface area contributed by atoms with Crippen molar-refractivity contribution in [2.24, 2.45) is 7.05 Å². The Morgan fingerprint density at radius 3 is 2.83 bits per heavy atom. The molecule has 0 bridgehead atoms. The zero-order valence-corrected chi connectivity index (χ0v) is 14.4. The van der Waals surface area contributed by atoms with E-state index in [0.717, 1.165) is 30.6 Å². The number of rotatable bonds is 3. The van der Waals surface area contributed by atoms with Crippen LogP contribution in [0.3, 0.4) is 0 Å². The molecule has 1 atom stereocenters. The molecule has 0 N–H and O–H groups in total. The van der Waals surface area contributed by atoms with E-state index in [1.54, 1.807) is 16.0 Å². The van der Waals surface area contributed by atoms with Gasteiger partial charge in [-0.15, -0.1) is 0 Å². The highest BCUT2D eigenvalue weighted by molar-refractivity contribution is 7.93. The predicted octanol–water partition coefficient (Wildman–Crippen LogP) is 0.571. The number of aryl methyl sites for hydroxylation is 1. The van der Waals surface area contributed by atoms with E-state index in [0.29, 0.717) is 25.5 Å². The molecule has 4 rings (SSSR count). The number of hydrogen-bond donors (Lipinski definition) is 0. The summed E-state index contributed by atoms with van der Waals surface area (Å²) in [7, 11) is -1.63. The normalized spacial score (nSPS) is 21.1. The second-order valence-electron chi connectivity index (χ2n) is 6.31. The largest absolute Gasteiger partial charge is 0.338 e. The molecule has 1 fully saturated rings. The number of tetrazole rings is 1. The van der Waals surface area contributed by atoms with Gasteiger partial charge in [-0.1, -0.05) is 23.3 Å². The summed E-state index contributed by atoms with van der Waals surface area (Å²) in [5, 5.41) is 11.1. The summed E-state index contributed by atoms with van der Waals surface area (Å²) in [4.78, 5) is 1.97. The van der Waals surface area contributed by atoms with Crippen molar-refractivity contribution in [2.75, 3.05) is 28.8 Å². The van der Waals surface area contributed by atoms with Crippen LogP contribution in [-0.4, -0.2) is 53.5 Å². The average Bonchev–Trinajstić information content (AvgIpc) is 3.21. The molecule has 0 spiro atoms. The minimum atomic E-state index is -3.40. The topological polar surface area (TPSA) is 84.2 Å². The summed E-state index contributed by atoms with van der Waals surface area (Å²) < 4.78 is 29.6. The molecule has 3 heterocycles. The quantitative estimate of drug-likeness (QED) is 0.806. The van der Waals surface area contributed by atoms with E-state index in [1.165, 1.54) is 0 Å². The third-order valence-electron chi connectivity index (χ3n) is 4.83. The Labute approximate surface area is 141 Å². The van der Waals surface area contributed by atoms with Crippen molar-refractivity contribution in [2.45, 2.75) is 24.5 Å².